The number of carbonyl (C=O) groups is 1. The Kier molecular flexibility index (Phi) is 12.8. The topological polar surface area (TPSA) is 74.3 Å². The minimum atomic E-state index is -0.870. The molecule has 2 saturated heterocycles. The number of piperidine rings is 2. The van der Waals surface area contributed by atoms with Gasteiger partial charge < -0.3 is 29.7 Å². The monoisotopic (exact) mass is 633 g/mol. The average molecular weight is 635 g/mol. The van der Waals surface area contributed by atoms with Crippen LogP contribution < -0.4 is 14.8 Å². The van der Waals surface area contributed by atoms with E-state index in [1.807, 2.05) is 32.9 Å². The Morgan fingerprint density at radius 1 is 0.875 bits per heavy atom. The van der Waals surface area contributed by atoms with E-state index in [1.165, 1.54) is 4.90 Å². The number of hydrogen-bond acceptors (Lipinski definition) is 5. The van der Waals surface area contributed by atoms with Gasteiger partial charge in [0.25, 0.3) is 0 Å². The van der Waals surface area contributed by atoms with Crippen LogP contribution in [0.3, 0.4) is 0 Å². The molecule has 0 aliphatic carbocycles. The van der Waals surface area contributed by atoms with Gasteiger partial charge in [0.05, 0.1) is 20.1 Å². The fourth-order valence-corrected chi connectivity index (χ4v) is 5.18. The summed E-state index contributed by atoms with van der Waals surface area (Å²) in [5.74, 6) is 1.54. The van der Waals surface area contributed by atoms with Crippen LogP contribution in [-0.4, -0.2) is 78.0 Å². The van der Waals surface area contributed by atoms with Gasteiger partial charge in [-0.1, -0.05) is 46.4 Å². The number of benzene rings is 2. The van der Waals surface area contributed by atoms with Gasteiger partial charge in [0.1, 0.15) is 23.7 Å². The molecule has 2 aliphatic rings. The second kappa shape index (κ2) is 15.6. The number of hydrogen-bond donors (Lipinski definition) is 2. The second-order valence-electron chi connectivity index (χ2n) is 11.0. The molecule has 4 rings (SSSR count). The van der Waals surface area contributed by atoms with Crippen LogP contribution in [0.25, 0.3) is 0 Å². The quantitative estimate of drug-likeness (QED) is 0.325. The number of rotatable bonds is 7. The summed E-state index contributed by atoms with van der Waals surface area (Å²) >= 11 is 23.7. The fourth-order valence-electron chi connectivity index (χ4n) is 4.61. The first-order valence-corrected chi connectivity index (χ1v) is 15.1. The fraction of sp³-hybridized carbons (Fsp3) is 0.552. The molecule has 0 spiro atoms. The van der Waals surface area contributed by atoms with Crippen LogP contribution in [0.1, 0.15) is 46.5 Å². The standard InChI is InChI=1S/C18H26Cl2N2O3.C11H13Cl2NO/c1-18(2,3)22(17(23)24)11-10-21-8-6-13(7-9-21)25-14-4-5-15(19)16(20)12-14;12-10-2-1-9(7-11(10)13)15-8-3-5-14-6-4-8/h4-5,12-13H,6-11H2,1-3H3,(H,23,24);1-2,7-8,14H,3-6H2. The maximum absolute atomic E-state index is 11.4. The molecule has 11 heteroatoms. The minimum absolute atomic E-state index is 0.145. The highest BCUT2D eigenvalue weighted by molar-refractivity contribution is 6.42. The van der Waals surface area contributed by atoms with Crippen molar-refractivity contribution in [1.82, 2.24) is 15.1 Å². The van der Waals surface area contributed by atoms with E-state index < -0.39 is 6.09 Å². The first-order valence-electron chi connectivity index (χ1n) is 13.6. The molecule has 2 fully saturated rings. The lowest BCUT2D eigenvalue weighted by Gasteiger charge is -2.37. The first kappa shape index (κ1) is 32.9. The van der Waals surface area contributed by atoms with E-state index >= 15 is 0 Å². The number of nitrogens with zero attached hydrogens (tertiary/aromatic N) is 2. The Labute approximate surface area is 257 Å². The second-order valence-corrected chi connectivity index (χ2v) is 12.6. The van der Waals surface area contributed by atoms with Gasteiger partial charge in [-0.2, -0.15) is 0 Å². The molecule has 2 heterocycles. The molecule has 2 aliphatic heterocycles. The summed E-state index contributed by atoms with van der Waals surface area (Å²) in [6, 6.07) is 10.7. The van der Waals surface area contributed by atoms with Gasteiger partial charge in [0.2, 0.25) is 0 Å². The summed E-state index contributed by atoms with van der Waals surface area (Å²) in [6.45, 7) is 10.8. The van der Waals surface area contributed by atoms with Crippen LogP contribution in [0.4, 0.5) is 4.79 Å². The normalized spacial score (nSPS) is 17.1. The largest absolute Gasteiger partial charge is 0.490 e. The van der Waals surface area contributed by atoms with Crippen molar-refractivity contribution in [2.45, 2.75) is 64.2 Å². The SMILES string of the molecule is CC(C)(C)N(CCN1CCC(Oc2ccc(Cl)c(Cl)c2)CC1)C(=O)O.Clc1ccc(OC2CCNCC2)cc1Cl. The smallest absolute Gasteiger partial charge is 0.407 e. The molecule has 1 amide bonds. The number of nitrogens with one attached hydrogen (secondary N) is 1. The summed E-state index contributed by atoms with van der Waals surface area (Å²) < 4.78 is 11.8. The van der Waals surface area contributed by atoms with Gasteiger partial charge in [-0.05, 0) is 83.8 Å². The van der Waals surface area contributed by atoms with Gasteiger partial charge in [-0.25, -0.2) is 4.79 Å². The van der Waals surface area contributed by atoms with E-state index in [9.17, 15) is 9.90 Å². The number of carboxylic acid groups (broad SMARTS) is 1. The molecule has 40 heavy (non-hydrogen) atoms. The van der Waals surface area contributed by atoms with Crippen LogP contribution in [0.15, 0.2) is 36.4 Å². The van der Waals surface area contributed by atoms with Crippen molar-refractivity contribution in [2.75, 3.05) is 39.3 Å². The van der Waals surface area contributed by atoms with Crippen molar-refractivity contribution in [3.63, 3.8) is 0 Å². The lowest BCUT2D eigenvalue weighted by molar-refractivity contribution is 0.0705. The Morgan fingerprint density at radius 2 is 1.35 bits per heavy atom. The minimum Gasteiger partial charge on any atom is -0.490 e. The predicted octanol–water partition coefficient (Wildman–Crippen LogP) is 7.74. The van der Waals surface area contributed by atoms with Crippen LogP contribution in [0.2, 0.25) is 20.1 Å². The van der Waals surface area contributed by atoms with Gasteiger partial charge in [-0.15, -0.1) is 0 Å². The van der Waals surface area contributed by atoms with E-state index in [4.69, 9.17) is 55.9 Å². The Balaban J connectivity index is 0.000000249. The molecule has 0 aromatic heterocycles. The van der Waals surface area contributed by atoms with Crippen molar-refractivity contribution in [3.8, 4) is 11.5 Å². The van der Waals surface area contributed by atoms with E-state index in [0.717, 1.165) is 69.9 Å². The zero-order valence-electron chi connectivity index (χ0n) is 23.3. The number of amides is 1. The number of likely N-dealkylation sites (tertiary alicyclic amines) is 1. The molecule has 222 valence electrons. The summed E-state index contributed by atoms with van der Waals surface area (Å²) in [4.78, 5) is 15.2. The molecule has 0 unspecified atom stereocenters. The van der Waals surface area contributed by atoms with Gasteiger partial charge in [0, 0.05) is 43.9 Å². The van der Waals surface area contributed by atoms with Crippen molar-refractivity contribution in [2.24, 2.45) is 0 Å². The lowest BCUT2D eigenvalue weighted by atomic mass is 10.1. The molecule has 7 nitrogen and oxygen atoms in total. The Morgan fingerprint density at radius 3 is 1.77 bits per heavy atom. The zero-order chi connectivity index (χ0) is 29.3. The van der Waals surface area contributed by atoms with E-state index in [1.54, 1.807) is 24.3 Å². The van der Waals surface area contributed by atoms with Crippen molar-refractivity contribution < 1.29 is 19.4 Å². The maximum Gasteiger partial charge on any atom is 0.407 e. The third-order valence-electron chi connectivity index (χ3n) is 6.89. The maximum atomic E-state index is 11.4. The molecular formula is C29H39Cl4N3O4. The van der Waals surface area contributed by atoms with Crippen LogP contribution in [0, 0.1) is 0 Å². The summed E-state index contributed by atoms with van der Waals surface area (Å²) in [5.41, 5.74) is -0.388. The highest BCUT2D eigenvalue weighted by atomic mass is 35.5. The highest BCUT2D eigenvalue weighted by Gasteiger charge is 2.27. The van der Waals surface area contributed by atoms with Crippen LogP contribution >= 0.6 is 46.4 Å². The van der Waals surface area contributed by atoms with Gasteiger partial charge in [-0.3, -0.25) is 0 Å². The zero-order valence-corrected chi connectivity index (χ0v) is 26.3. The molecule has 2 N–H and O–H groups in total. The van der Waals surface area contributed by atoms with Crippen molar-refractivity contribution in [1.29, 1.82) is 0 Å². The molecule has 0 saturated carbocycles. The molecule has 0 bridgehead atoms. The van der Waals surface area contributed by atoms with E-state index in [-0.39, 0.29) is 11.6 Å². The third kappa shape index (κ3) is 10.7. The summed E-state index contributed by atoms with van der Waals surface area (Å²) in [6.07, 6.45) is 3.46. The number of halogens is 4. The molecule has 0 radical (unpaired) electrons. The summed E-state index contributed by atoms with van der Waals surface area (Å²) in [7, 11) is 0. The highest BCUT2D eigenvalue weighted by Crippen LogP contribution is 2.29. The number of ether oxygens (including phenoxy) is 2. The predicted molar refractivity (Wildman–Crippen MR) is 164 cm³/mol. The molecule has 2 aromatic rings. The van der Waals surface area contributed by atoms with Crippen molar-refractivity contribution in [3.05, 3.63) is 56.5 Å². The van der Waals surface area contributed by atoms with Gasteiger partial charge >= 0.3 is 6.09 Å². The first-order chi connectivity index (χ1) is 18.9. The third-order valence-corrected chi connectivity index (χ3v) is 8.37. The Hall–Kier alpha value is -1.61. The molecule has 2 aromatic carbocycles. The van der Waals surface area contributed by atoms with E-state index in [0.29, 0.717) is 32.7 Å². The molecular weight excluding hydrogens is 596 g/mol. The van der Waals surface area contributed by atoms with Gasteiger partial charge in [0.15, 0.2) is 0 Å². The molecule has 0 atom stereocenters. The van der Waals surface area contributed by atoms with Crippen molar-refractivity contribution >= 4 is 52.5 Å². The van der Waals surface area contributed by atoms with E-state index in [2.05, 4.69) is 10.2 Å². The lowest BCUT2D eigenvalue weighted by Crippen LogP contribution is -2.49. The average Bonchev–Trinajstić information content (AvgIpc) is 2.89. The summed E-state index contributed by atoms with van der Waals surface area (Å²) in [5, 5.41) is 14.8. The Bertz CT molecular complexity index is 1100. The van der Waals surface area contributed by atoms with Crippen LogP contribution in [-0.2, 0) is 0 Å². The van der Waals surface area contributed by atoms with Crippen LogP contribution in [0.5, 0.6) is 11.5 Å².